The smallest absolute Gasteiger partial charge is 0.0213 e. The first-order chi connectivity index (χ1) is 7.70. The predicted octanol–water partition coefficient (Wildman–Crippen LogP) is 3.93. The molecule has 0 fully saturated rings. The summed E-state index contributed by atoms with van der Waals surface area (Å²) in [7, 11) is 0. The normalized spacial score (nSPS) is 12.7. The average Bonchev–Trinajstić information content (AvgIpc) is 2.27. The summed E-state index contributed by atoms with van der Waals surface area (Å²) in [4.78, 5) is 0. The minimum absolute atomic E-state index is 0.475. The Kier molecular flexibility index (Phi) is 10.9. The Labute approximate surface area is 102 Å². The minimum Gasteiger partial charge on any atom is -0.271 e. The van der Waals surface area contributed by atoms with Gasteiger partial charge >= 0.3 is 0 Å². The molecule has 1 atom stereocenters. The highest BCUT2D eigenvalue weighted by atomic mass is 15.2. The van der Waals surface area contributed by atoms with Gasteiger partial charge in [0, 0.05) is 6.04 Å². The quantitative estimate of drug-likeness (QED) is 0.242. The number of hydrazine groups is 1. The highest BCUT2D eigenvalue weighted by Gasteiger charge is 2.05. The molecular formula is C14H30N2. The molecule has 0 spiro atoms. The van der Waals surface area contributed by atoms with Gasteiger partial charge in [0.1, 0.15) is 0 Å². The van der Waals surface area contributed by atoms with E-state index in [0.717, 1.165) is 12.8 Å². The predicted molar refractivity (Wildman–Crippen MR) is 73.2 cm³/mol. The molecule has 0 saturated heterocycles. The highest BCUT2D eigenvalue weighted by Crippen LogP contribution is 2.12. The van der Waals surface area contributed by atoms with Gasteiger partial charge in [-0.15, -0.1) is 6.58 Å². The van der Waals surface area contributed by atoms with E-state index in [9.17, 15) is 0 Å². The third-order valence-electron chi connectivity index (χ3n) is 3.06. The fourth-order valence-electron chi connectivity index (χ4n) is 1.90. The lowest BCUT2D eigenvalue weighted by atomic mass is 10.0. The van der Waals surface area contributed by atoms with Crippen LogP contribution in [0.2, 0.25) is 0 Å². The van der Waals surface area contributed by atoms with E-state index in [1.54, 1.807) is 0 Å². The Morgan fingerprint density at radius 1 is 1.12 bits per heavy atom. The molecular weight excluding hydrogens is 196 g/mol. The number of nitrogens with one attached hydrogen (secondary N) is 1. The summed E-state index contributed by atoms with van der Waals surface area (Å²) in [6, 6.07) is 0.475. The molecule has 0 rings (SSSR count). The van der Waals surface area contributed by atoms with Crippen molar-refractivity contribution in [2.45, 2.75) is 77.7 Å². The SMILES string of the molecule is C=C(C)CCC(CCCCCCCC)NN. The van der Waals surface area contributed by atoms with Crippen molar-refractivity contribution in [2.75, 3.05) is 0 Å². The van der Waals surface area contributed by atoms with Crippen molar-refractivity contribution < 1.29 is 0 Å². The molecule has 0 aliphatic heterocycles. The molecule has 0 aliphatic carbocycles. The Bertz CT molecular complexity index is 166. The zero-order chi connectivity index (χ0) is 12.2. The van der Waals surface area contributed by atoms with Crippen LogP contribution in [-0.4, -0.2) is 6.04 Å². The molecule has 0 aromatic heterocycles. The van der Waals surface area contributed by atoms with Crippen molar-refractivity contribution in [2.24, 2.45) is 5.84 Å². The molecule has 2 heteroatoms. The molecule has 0 aromatic carbocycles. The maximum atomic E-state index is 5.54. The van der Waals surface area contributed by atoms with Gasteiger partial charge < -0.3 is 0 Å². The van der Waals surface area contributed by atoms with E-state index in [1.165, 1.54) is 50.5 Å². The van der Waals surface area contributed by atoms with E-state index in [1.807, 2.05) is 0 Å². The van der Waals surface area contributed by atoms with Crippen molar-refractivity contribution in [1.82, 2.24) is 5.43 Å². The minimum atomic E-state index is 0.475. The highest BCUT2D eigenvalue weighted by molar-refractivity contribution is 4.88. The van der Waals surface area contributed by atoms with Crippen LogP contribution in [0.5, 0.6) is 0 Å². The van der Waals surface area contributed by atoms with E-state index in [-0.39, 0.29) is 0 Å². The van der Waals surface area contributed by atoms with E-state index >= 15 is 0 Å². The molecule has 96 valence electrons. The van der Waals surface area contributed by atoms with Crippen molar-refractivity contribution in [3.8, 4) is 0 Å². The van der Waals surface area contributed by atoms with E-state index in [4.69, 9.17) is 5.84 Å². The number of nitrogens with two attached hydrogens (primary N) is 1. The molecule has 16 heavy (non-hydrogen) atoms. The fourth-order valence-corrected chi connectivity index (χ4v) is 1.90. The summed E-state index contributed by atoms with van der Waals surface area (Å²) in [6.07, 6.45) is 11.6. The lowest BCUT2D eigenvalue weighted by Crippen LogP contribution is -2.35. The molecule has 0 aromatic rings. The first-order valence-electron chi connectivity index (χ1n) is 6.81. The standard InChI is InChI=1S/C14H30N2/c1-4-5-6-7-8-9-10-14(16-15)12-11-13(2)3/h14,16H,2,4-12,15H2,1,3H3. The zero-order valence-corrected chi connectivity index (χ0v) is 11.2. The van der Waals surface area contributed by atoms with Gasteiger partial charge in [0.25, 0.3) is 0 Å². The molecule has 0 saturated carbocycles. The van der Waals surface area contributed by atoms with Crippen LogP contribution < -0.4 is 11.3 Å². The number of allylic oxidation sites excluding steroid dienone is 1. The van der Waals surface area contributed by atoms with Crippen LogP contribution in [0.3, 0.4) is 0 Å². The van der Waals surface area contributed by atoms with Gasteiger partial charge in [0.15, 0.2) is 0 Å². The second-order valence-corrected chi connectivity index (χ2v) is 4.92. The molecule has 0 aliphatic rings. The molecule has 0 heterocycles. The van der Waals surface area contributed by atoms with Crippen molar-refractivity contribution in [3.05, 3.63) is 12.2 Å². The largest absolute Gasteiger partial charge is 0.271 e. The number of unbranched alkanes of at least 4 members (excludes halogenated alkanes) is 5. The van der Waals surface area contributed by atoms with Gasteiger partial charge in [-0.05, 0) is 26.2 Å². The Morgan fingerprint density at radius 2 is 1.75 bits per heavy atom. The summed E-state index contributed by atoms with van der Waals surface area (Å²) in [6.45, 7) is 8.26. The van der Waals surface area contributed by atoms with Crippen LogP contribution in [0.4, 0.5) is 0 Å². The van der Waals surface area contributed by atoms with E-state index in [2.05, 4.69) is 25.9 Å². The summed E-state index contributed by atoms with van der Waals surface area (Å²) in [5.41, 5.74) is 4.17. The topological polar surface area (TPSA) is 38.0 Å². The van der Waals surface area contributed by atoms with Crippen LogP contribution in [0, 0.1) is 0 Å². The molecule has 0 bridgehead atoms. The van der Waals surface area contributed by atoms with Gasteiger partial charge in [0.2, 0.25) is 0 Å². The van der Waals surface area contributed by atoms with Crippen LogP contribution in [0.1, 0.15) is 71.6 Å². The number of rotatable bonds is 11. The second-order valence-electron chi connectivity index (χ2n) is 4.92. The molecule has 3 N–H and O–H groups in total. The lowest BCUT2D eigenvalue weighted by molar-refractivity contribution is 0.438. The molecule has 0 amide bonds. The van der Waals surface area contributed by atoms with Gasteiger partial charge in [0.05, 0.1) is 0 Å². The zero-order valence-electron chi connectivity index (χ0n) is 11.2. The number of hydrogen-bond donors (Lipinski definition) is 2. The Hall–Kier alpha value is -0.340. The van der Waals surface area contributed by atoms with Gasteiger partial charge in [-0.3, -0.25) is 11.3 Å². The van der Waals surface area contributed by atoms with Crippen LogP contribution in [-0.2, 0) is 0 Å². The number of hydrogen-bond acceptors (Lipinski definition) is 2. The third-order valence-corrected chi connectivity index (χ3v) is 3.06. The lowest BCUT2D eigenvalue weighted by Gasteiger charge is -2.15. The first-order valence-corrected chi connectivity index (χ1v) is 6.81. The summed E-state index contributed by atoms with van der Waals surface area (Å²) in [5, 5.41) is 0. The summed E-state index contributed by atoms with van der Waals surface area (Å²) >= 11 is 0. The first kappa shape index (κ1) is 15.7. The van der Waals surface area contributed by atoms with Crippen LogP contribution in [0.25, 0.3) is 0 Å². The summed E-state index contributed by atoms with van der Waals surface area (Å²) in [5.74, 6) is 5.54. The fraction of sp³-hybridized carbons (Fsp3) is 0.857. The molecule has 0 radical (unpaired) electrons. The van der Waals surface area contributed by atoms with Gasteiger partial charge in [-0.1, -0.05) is 51.0 Å². The van der Waals surface area contributed by atoms with Crippen LogP contribution in [0.15, 0.2) is 12.2 Å². The van der Waals surface area contributed by atoms with Crippen molar-refractivity contribution >= 4 is 0 Å². The molecule has 1 unspecified atom stereocenters. The van der Waals surface area contributed by atoms with Crippen molar-refractivity contribution in [1.29, 1.82) is 0 Å². The Balaban J connectivity index is 3.37. The monoisotopic (exact) mass is 226 g/mol. The maximum absolute atomic E-state index is 5.54. The third kappa shape index (κ3) is 10.2. The Morgan fingerprint density at radius 3 is 2.31 bits per heavy atom. The van der Waals surface area contributed by atoms with Gasteiger partial charge in [-0.25, -0.2) is 0 Å². The van der Waals surface area contributed by atoms with Crippen LogP contribution >= 0.6 is 0 Å². The van der Waals surface area contributed by atoms with Gasteiger partial charge in [-0.2, -0.15) is 0 Å². The average molecular weight is 226 g/mol. The maximum Gasteiger partial charge on any atom is 0.0213 e. The summed E-state index contributed by atoms with van der Waals surface area (Å²) < 4.78 is 0. The second kappa shape index (κ2) is 11.2. The van der Waals surface area contributed by atoms with E-state index < -0.39 is 0 Å². The molecule has 2 nitrogen and oxygen atoms in total. The van der Waals surface area contributed by atoms with E-state index in [0.29, 0.717) is 6.04 Å². The van der Waals surface area contributed by atoms with Crippen molar-refractivity contribution in [3.63, 3.8) is 0 Å².